The quantitative estimate of drug-likeness (QED) is 0.753. The van der Waals surface area contributed by atoms with Gasteiger partial charge < -0.3 is 10.1 Å². The van der Waals surface area contributed by atoms with E-state index in [1.165, 1.54) is 22.6 Å². The molecule has 0 amide bonds. The summed E-state index contributed by atoms with van der Waals surface area (Å²) in [7, 11) is 0. The lowest BCUT2D eigenvalue weighted by molar-refractivity contribution is 0.0911. The maximum Gasteiger partial charge on any atom is 0.0809 e. The van der Waals surface area contributed by atoms with Crippen molar-refractivity contribution in [3.63, 3.8) is 0 Å². The maximum absolute atomic E-state index is 5.78. The van der Waals surface area contributed by atoms with Crippen LogP contribution in [0.1, 0.15) is 57.2 Å². The van der Waals surface area contributed by atoms with Gasteiger partial charge in [-0.2, -0.15) is 0 Å². The number of hydrogen-bond acceptors (Lipinski definition) is 3. The van der Waals surface area contributed by atoms with E-state index >= 15 is 0 Å². The molecule has 1 aromatic rings. The molecule has 0 bridgehead atoms. The zero-order valence-corrected chi connectivity index (χ0v) is 13.9. The third kappa shape index (κ3) is 7.71. The summed E-state index contributed by atoms with van der Waals surface area (Å²) in [6, 6.07) is 4.40. The highest BCUT2D eigenvalue weighted by molar-refractivity contribution is 7.11. The number of nitrogens with one attached hydrogen (secondary N) is 1. The largest absolute Gasteiger partial charge is 0.376 e. The van der Waals surface area contributed by atoms with Gasteiger partial charge in [-0.15, -0.1) is 11.3 Å². The molecule has 1 heterocycles. The zero-order chi connectivity index (χ0) is 14.3. The van der Waals surface area contributed by atoms with E-state index in [0.29, 0.717) is 5.92 Å². The SMILES string of the molecule is CCCC(C)COCc1ccc(CNC(C)(C)C)s1. The normalized spacial score (nSPS) is 13.7. The van der Waals surface area contributed by atoms with Crippen molar-refractivity contribution in [1.29, 1.82) is 0 Å². The van der Waals surface area contributed by atoms with E-state index in [9.17, 15) is 0 Å². The highest BCUT2D eigenvalue weighted by Crippen LogP contribution is 2.18. The molecule has 0 aliphatic rings. The molecule has 0 saturated carbocycles. The van der Waals surface area contributed by atoms with Crippen molar-refractivity contribution in [3.05, 3.63) is 21.9 Å². The lowest BCUT2D eigenvalue weighted by Crippen LogP contribution is -2.34. The van der Waals surface area contributed by atoms with Crippen LogP contribution in [-0.2, 0) is 17.9 Å². The Morgan fingerprint density at radius 3 is 2.58 bits per heavy atom. The summed E-state index contributed by atoms with van der Waals surface area (Å²) >= 11 is 1.85. The van der Waals surface area contributed by atoms with Crippen LogP contribution >= 0.6 is 11.3 Å². The van der Waals surface area contributed by atoms with Crippen molar-refractivity contribution < 1.29 is 4.74 Å². The molecule has 0 saturated heterocycles. The van der Waals surface area contributed by atoms with Crippen LogP contribution in [0.4, 0.5) is 0 Å². The summed E-state index contributed by atoms with van der Waals surface area (Å²) in [6.07, 6.45) is 2.50. The van der Waals surface area contributed by atoms with Gasteiger partial charge in [-0.3, -0.25) is 0 Å². The Kier molecular flexibility index (Phi) is 7.05. The first kappa shape index (κ1) is 16.7. The number of rotatable bonds is 8. The van der Waals surface area contributed by atoms with Crippen LogP contribution in [0.2, 0.25) is 0 Å². The summed E-state index contributed by atoms with van der Waals surface area (Å²) in [5.74, 6) is 0.673. The first-order chi connectivity index (χ1) is 8.90. The number of hydrogen-bond donors (Lipinski definition) is 1. The summed E-state index contributed by atoms with van der Waals surface area (Å²) in [6.45, 7) is 13.6. The molecule has 0 fully saturated rings. The number of thiophene rings is 1. The van der Waals surface area contributed by atoms with Gasteiger partial charge in [-0.05, 0) is 45.2 Å². The van der Waals surface area contributed by atoms with Crippen LogP contribution in [0.15, 0.2) is 12.1 Å². The molecule has 0 aromatic carbocycles. The standard InChI is InChI=1S/C16H29NOS/c1-6-7-13(2)11-18-12-15-9-8-14(19-15)10-17-16(3,4)5/h8-9,13,17H,6-7,10-12H2,1-5H3. The van der Waals surface area contributed by atoms with Crippen molar-refractivity contribution in [2.45, 2.75) is 66.2 Å². The molecule has 1 aromatic heterocycles. The van der Waals surface area contributed by atoms with Crippen molar-refractivity contribution >= 4 is 11.3 Å². The summed E-state index contributed by atoms with van der Waals surface area (Å²) in [5.41, 5.74) is 0.177. The fourth-order valence-electron chi connectivity index (χ4n) is 1.88. The molecule has 0 radical (unpaired) electrons. The van der Waals surface area contributed by atoms with Gasteiger partial charge in [0.2, 0.25) is 0 Å². The second-order valence-electron chi connectivity index (χ2n) is 6.38. The molecule has 1 N–H and O–H groups in total. The van der Waals surface area contributed by atoms with Gasteiger partial charge >= 0.3 is 0 Å². The van der Waals surface area contributed by atoms with E-state index in [1.807, 2.05) is 11.3 Å². The van der Waals surface area contributed by atoms with E-state index in [2.05, 4.69) is 52.1 Å². The summed E-state index contributed by atoms with van der Waals surface area (Å²) in [4.78, 5) is 2.71. The monoisotopic (exact) mass is 283 g/mol. The molecule has 1 unspecified atom stereocenters. The van der Waals surface area contributed by atoms with Gasteiger partial charge in [0.25, 0.3) is 0 Å². The van der Waals surface area contributed by atoms with Gasteiger partial charge in [0, 0.05) is 28.4 Å². The Hall–Kier alpha value is -0.380. The van der Waals surface area contributed by atoms with Crippen LogP contribution in [0.5, 0.6) is 0 Å². The molecule has 110 valence electrons. The molecule has 19 heavy (non-hydrogen) atoms. The molecule has 0 aliphatic heterocycles. The highest BCUT2D eigenvalue weighted by atomic mass is 32.1. The molecule has 2 nitrogen and oxygen atoms in total. The Morgan fingerprint density at radius 2 is 1.95 bits per heavy atom. The van der Waals surface area contributed by atoms with E-state index in [4.69, 9.17) is 4.74 Å². The molecule has 0 spiro atoms. The number of ether oxygens (including phenoxy) is 1. The van der Waals surface area contributed by atoms with E-state index in [1.54, 1.807) is 0 Å². The molecular weight excluding hydrogens is 254 g/mol. The topological polar surface area (TPSA) is 21.3 Å². The fourth-order valence-corrected chi connectivity index (χ4v) is 2.78. The molecule has 3 heteroatoms. The first-order valence-electron chi connectivity index (χ1n) is 7.31. The van der Waals surface area contributed by atoms with Crippen LogP contribution in [0.3, 0.4) is 0 Å². The lowest BCUT2D eigenvalue weighted by Gasteiger charge is -2.19. The van der Waals surface area contributed by atoms with Gasteiger partial charge in [0.05, 0.1) is 6.61 Å². The minimum Gasteiger partial charge on any atom is -0.376 e. The van der Waals surface area contributed by atoms with Crippen molar-refractivity contribution in [3.8, 4) is 0 Å². The van der Waals surface area contributed by atoms with Crippen molar-refractivity contribution in [2.24, 2.45) is 5.92 Å². The Labute approximate surface area is 122 Å². The van der Waals surface area contributed by atoms with Crippen molar-refractivity contribution in [2.75, 3.05) is 6.61 Å². The summed E-state index contributed by atoms with van der Waals surface area (Å²) < 4.78 is 5.78. The maximum atomic E-state index is 5.78. The zero-order valence-electron chi connectivity index (χ0n) is 13.1. The Morgan fingerprint density at radius 1 is 1.26 bits per heavy atom. The molecule has 1 atom stereocenters. The van der Waals surface area contributed by atoms with Crippen LogP contribution in [-0.4, -0.2) is 12.1 Å². The molecular formula is C16H29NOS. The Balaban J connectivity index is 2.27. The van der Waals surface area contributed by atoms with E-state index in [-0.39, 0.29) is 5.54 Å². The highest BCUT2D eigenvalue weighted by Gasteiger charge is 2.09. The molecule has 1 rings (SSSR count). The van der Waals surface area contributed by atoms with E-state index in [0.717, 1.165) is 19.8 Å². The van der Waals surface area contributed by atoms with Crippen LogP contribution in [0, 0.1) is 5.92 Å². The minimum atomic E-state index is 0.177. The predicted octanol–water partition coefficient (Wildman–Crippen LogP) is 4.59. The van der Waals surface area contributed by atoms with E-state index < -0.39 is 0 Å². The summed E-state index contributed by atoms with van der Waals surface area (Å²) in [5, 5.41) is 3.51. The van der Waals surface area contributed by atoms with Crippen molar-refractivity contribution in [1.82, 2.24) is 5.32 Å². The smallest absolute Gasteiger partial charge is 0.0809 e. The predicted molar refractivity (Wildman–Crippen MR) is 84.6 cm³/mol. The molecule has 0 aliphatic carbocycles. The fraction of sp³-hybridized carbons (Fsp3) is 0.750. The van der Waals surface area contributed by atoms with Gasteiger partial charge in [0.1, 0.15) is 0 Å². The third-order valence-electron chi connectivity index (χ3n) is 2.94. The second kappa shape index (κ2) is 8.03. The second-order valence-corrected chi connectivity index (χ2v) is 7.63. The van der Waals surface area contributed by atoms with Crippen LogP contribution < -0.4 is 5.32 Å². The average Bonchev–Trinajstić information content (AvgIpc) is 2.74. The first-order valence-corrected chi connectivity index (χ1v) is 8.12. The Bertz CT molecular complexity index is 354. The third-order valence-corrected chi connectivity index (χ3v) is 4.00. The lowest BCUT2D eigenvalue weighted by atomic mass is 10.1. The minimum absolute atomic E-state index is 0.177. The average molecular weight is 283 g/mol. The van der Waals surface area contributed by atoms with Gasteiger partial charge in [0.15, 0.2) is 0 Å². The van der Waals surface area contributed by atoms with Gasteiger partial charge in [-0.25, -0.2) is 0 Å². The van der Waals surface area contributed by atoms with Crippen LogP contribution in [0.25, 0.3) is 0 Å². The van der Waals surface area contributed by atoms with Gasteiger partial charge in [-0.1, -0.05) is 20.3 Å².